The molecule has 3 aromatic rings. The normalized spacial score (nSPS) is 11.7. The van der Waals surface area contributed by atoms with E-state index in [1.165, 1.54) is 12.1 Å². The summed E-state index contributed by atoms with van der Waals surface area (Å²) in [5.74, 6) is -0.287. The minimum atomic E-state index is -1.10. The van der Waals surface area contributed by atoms with Gasteiger partial charge in [0.15, 0.2) is 5.82 Å². The van der Waals surface area contributed by atoms with Gasteiger partial charge in [0, 0.05) is 6.20 Å². The van der Waals surface area contributed by atoms with Crippen molar-refractivity contribution in [3.05, 3.63) is 58.4 Å². The van der Waals surface area contributed by atoms with Gasteiger partial charge >= 0.3 is 5.97 Å². The number of aromatic carboxylic acids is 1. The van der Waals surface area contributed by atoms with Gasteiger partial charge in [-0.1, -0.05) is 31.5 Å². The second kappa shape index (κ2) is 6.64. The number of hydrogen-bond donors (Lipinski definition) is 1. The monoisotopic (exact) mass is 356 g/mol. The Bertz CT molecular complexity index is 992. The number of carboxylic acid groups (broad SMARTS) is 1. The second-order valence-corrected chi connectivity index (χ2v) is 6.49. The van der Waals surface area contributed by atoms with Crippen LogP contribution >= 0.6 is 11.6 Å². The Morgan fingerprint density at radius 3 is 2.68 bits per heavy atom. The minimum absolute atomic E-state index is 0.00353. The van der Waals surface area contributed by atoms with E-state index >= 15 is 0 Å². The largest absolute Gasteiger partial charge is 0.478 e. The number of rotatable bonds is 4. The summed E-state index contributed by atoms with van der Waals surface area (Å²) in [6.45, 7) is 6.07. The van der Waals surface area contributed by atoms with Crippen LogP contribution in [0.1, 0.15) is 41.4 Å². The fraction of sp³-hybridized carbons (Fsp3) is 0.222. The number of carbonyl (C=O) groups is 1. The Kier molecular flexibility index (Phi) is 4.55. The maximum Gasteiger partial charge on any atom is 0.337 e. The molecule has 2 heterocycles. The Morgan fingerprint density at radius 2 is 2.00 bits per heavy atom. The Labute approximate surface area is 149 Å². The summed E-state index contributed by atoms with van der Waals surface area (Å²) >= 11 is 5.89. The van der Waals surface area contributed by atoms with Gasteiger partial charge in [-0.05, 0) is 42.7 Å². The van der Waals surface area contributed by atoms with Crippen LogP contribution < -0.4 is 0 Å². The molecule has 0 aliphatic rings. The third kappa shape index (κ3) is 3.39. The quantitative estimate of drug-likeness (QED) is 0.624. The van der Waals surface area contributed by atoms with E-state index in [9.17, 15) is 4.79 Å². The zero-order valence-corrected chi connectivity index (χ0v) is 14.8. The molecule has 0 aliphatic heterocycles. The van der Waals surface area contributed by atoms with E-state index in [0.717, 1.165) is 16.9 Å². The predicted molar refractivity (Wildman–Crippen MR) is 96.6 cm³/mol. The fourth-order valence-electron chi connectivity index (χ4n) is 2.49. The van der Waals surface area contributed by atoms with Crippen LogP contribution in [0.2, 0.25) is 5.02 Å². The molecule has 1 aromatic carbocycles. The molecule has 0 atom stereocenters. The summed E-state index contributed by atoms with van der Waals surface area (Å²) in [6.07, 6.45) is 1.95. The molecule has 0 saturated carbocycles. The van der Waals surface area contributed by atoms with Crippen molar-refractivity contribution in [2.75, 3.05) is 0 Å². The molecule has 0 bridgehead atoms. The van der Waals surface area contributed by atoms with Crippen LogP contribution in [0.4, 0.5) is 11.5 Å². The van der Waals surface area contributed by atoms with E-state index in [4.69, 9.17) is 16.7 Å². The lowest BCUT2D eigenvalue weighted by molar-refractivity contribution is 0.0697. The number of pyridine rings is 1. The van der Waals surface area contributed by atoms with Gasteiger partial charge in [-0.25, -0.2) is 9.78 Å². The van der Waals surface area contributed by atoms with E-state index in [1.54, 1.807) is 6.07 Å². The molecule has 25 heavy (non-hydrogen) atoms. The highest BCUT2D eigenvalue weighted by Gasteiger charge is 2.15. The molecule has 7 heteroatoms. The van der Waals surface area contributed by atoms with E-state index in [1.807, 2.05) is 43.5 Å². The SMILES string of the molecule is Cc1ccc2nc(C(C)C)c(N=Nc3ccc(Cl)c(C(=O)O)c3)n2c1. The highest BCUT2D eigenvalue weighted by Crippen LogP contribution is 2.30. The van der Waals surface area contributed by atoms with Crippen molar-refractivity contribution in [1.29, 1.82) is 0 Å². The number of halogens is 1. The van der Waals surface area contributed by atoms with E-state index < -0.39 is 5.97 Å². The van der Waals surface area contributed by atoms with Crippen LogP contribution in [-0.2, 0) is 0 Å². The van der Waals surface area contributed by atoms with Crippen molar-refractivity contribution >= 4 is 34.7 Å². The Balaban J connectivity index is 2.09. The number of benzene rings is 1. The Morgan fingerprint density at radius 1 is 1.24 bits per heavy atom. The van der Waals surface area contributed by atoms with Crippen LogP contribution in [0, 0.1) is 6.92 Å². The topological polar surface area (TPSA) is 79.3 Å². The van der Waals surface area contributed by atoms with Crippen LogP contribution in [0.25, 0.3) is 5.65 Å². The number of aryl methyl sites for hydroxylation is 1. The van der Waals surface area contributed by atoms with Gasteiger partial charge in [-0.2, -0.15) is 0 Å². The Hall–Kier alpha value is -2.73. The van der Waals surface area contributed by atoms with Crippen molar-refractivity contribution in [3.63, 3.8) is 0 Å². The fourth-order valence-corrected chi connectivity index (χ4v) is 2.69. The maximum absolute atomic E-state index is 11.2. The lowest BCUT2D eigenvalue weighted by Crippen LogP contribution is -1.96. The standard InChI is InChI=1S/C18H17ClN4O2/c1-10(2)16-17(23-9-11(3)4-7-15(23)20-16)22-21-12-5-6-14(19)13(8-12)18(24)25/h4-10H,1-3H3,(H,24,25). The summed E-state index contributed by atoms with van der Waals surface area (Å²) in [5, 5.41) is 17.9. The zero-order valence-electron chi connectivity index (χ0n) is 14.1. The first-order chi connectivity index (χ1) is 11.9. The number of carboxylic acids is 1. The van der Waals surface area contributed by atoms with Crippen LogP contribution in [0.15, 0.2) is 46.8 Å². The average molecular weight is 357 g/mol. The minimum Gasteiger partial charge on any atom is -0.478 e. The molecule has 0 spiro atoms. The first-order valence-corrected chi connectivity index (χ1v) is 8.18. The van der Waals surface area contributed by atoms with Gasteiger partial charge in [-0.3, -0.25) is 4.40 Å². The van der Waals surface area contributed by atoms with E-state index in [0.29, 0.717) is 11.5 Å². The highest BCUT2D eigenvalue weighted by atomic mass is 35.5. The van der Waals surface area contributed by atoms with Gasteiger partial charge in [-0.15, -0.1) is 10.2 Å². The van der Waals surface area contributed by atoms with Crippen molar-refractivity contribution in [2.45, 2.75) is 26.7 Å². The molecular formula is C18H17ClN4O2. The summed E-state index contributed by atoms with van der Waals surface area (Å²) < 4.78 is 1.89. The van der Waals surface area contributed by atoms with Crippen LogP contribution in [0.5, 0.6) is 0 Å². The zero-order chi connectivity index (χ0) is 18.1. The van der Waals surface area contributed by atoms with Crippen molar-refractivity contribution in [1.82, 2.24) is 9.38 Å². The molecule has 0 aliphatic carbocycles. The van der Waals surface area contributed by atoms with Gasteiger partial charge in [0.2, 0.25) is 0 Å². The van der Waals surface area contributed by atoms with Crippen molar-refractivity contribution in [3.8, 4) is 0 Å². The summed E-state index contributed by atoms with van der Waals surface area (Å²) in [7, 11) is 0. The summed E-state index contributed by atoms with van der Waals surface area (Å²) in [6, 6.07) is 8.46. The molecule has 0 unspecified atom stereocenters. The van der Waals surface area contributed by atoms with Gasteiger partial charge < -0.3 is 5.11 Å². The lowest BCUT2D eigenvalue weighted by atomic mass is 10.1. The second-order valence-electron chi connectivity index (χ2n) is 6.08. The number of aromatic nitrogens is 2. The third-order valence-corrected chi connectivity index (χ3v) is 4.08. The van der Waals surface area contributed by atoms with Gasteiger partial charge in [0.05, 0.1) is 22.0 Å². The maximum atomic E-state index is 11.2. The smallest absolute Gasteiger partial charge is 0.337 e. The molecule has 128 valence electrons. The van der Waals surface area contributed by atoms with E-state index in [-0.39, 0.29) is 16.5 Å². The van der Waals surface area contributed by atoms with E-state index in [2.05, 4.69) is 15.2 Å². The molecule has 3 rings (SSSR count). The van der Waals surface area contributed by atoms with Gasteiger partial charge in [0.25, 0.3) is 0 Å². The number of azo groups is 1. The molecule has 2 aromatic heterocycles. The van der Waals surface area contributed by atoms with Crippen molar-refractivity contribution in [2.24, 2.45) is 10.2 Å². The third-order valence-electron chi connectivity index (χ3n) is 3.75. The molecule has 0 fully saturated rings. The first-order valence-electron chi connectivity index (χ1n) is 7.80. The number of imidazole rings is 1. The first kappa shape index (κ1) is 17.1. The average Bonchev–Trinajstić information content (AvgIpc) is 2.92. The lowest BCUT2D eigenvalue weighted by Gasteiger charge is -2.03. The van der Waals surface area contributed by atoms with Gasteiger partial charge in [0.1, 0.15) is 5.65 Å². The summed E-state index contributed by atoms with van der Waals surface area (Å²) in [4.78, 5) is 15.8. The van der Waals surface area contributed by atoms with Crippen molar-refractivity contribution < 1.29 is 9.90 Å². The molecular weight excluding hydrogens is 340 g/mol. The van der Waals surface area contributed by atoms with Crippen LogP contribution in [-0.4, -0.2) is 20.5 Å². The molecule has 6 nitrogen and oxygen atoms in total. The number of hydrogen-bond acceptors (Lipinski definition) is 4. The number of fused-ring (bicyclic) bond motifs is 1. The predicted octanol–water partition coefficient (Wildman–Crippen LogP) is 5.53. The summed E-state index contributed by atoms with van der Waals surface area (Å²) in [5.41, 5.74) is 3.12. The molecule has 0 radical (unpaired) electrons. The number of nitrogens with zero attached hydrogens (tertiary/aromatic N) is 4. The van der Waals surface area contributed by atoms with Crippen LogP contribution in [0.3, 0.4) is 0 Å². The molecule has 1 N–H and O–H groups in total. The molecule has 0 saturated heterocycles. The highest BCUT2D eigenvalue weighted by molar-refractivity contribution is 6.33. The molecule has 0 amide bonds.